The maximum atomic E-state index is 12.6. The summed E-state index contributed by atoms with van der Waals surface area (Å²) in [7, 11) is 0. The van der Waals surface area contributed by atoms with Crippen molar-refractivity contribution in [3.63, 3.8) is 0 Å². The topological polar surface area (TPSA) is 91.6 Å². The van der Waals surface area contributed by atoms with Gasteiger partial charge in [-0.05, 0) is 67.7 Å². The number of halogens is 1. The lowest BCUT2D eigenvalue weighted by Gasteiger charge is -2.47. The van der Waals surface area contributed by atoms with Crippen LogP contribution in [0.15, 0.2) is 49.1 Å². The van der Waals surface area contributed by atoms with Crippen LogP contribution in [0.1, 0.15) is 43.9 Å². The van der Waals surface area contributed by atoms with E-state index in [1.165, 1.54) is 28.4 Å². The fourth-order valence-corrected chi connectivity index (χ4v) is 8.41. The van der Waals surface area contributed by atoms with Gasteiger partial charge in [-0.25, -0.2) is 4.98 Å². The van der Waals surface area contributed by atoms with Crippen molar-refractivity contribution in [1.29, 1.82) is 5.26 Å². The highest BCUT2D eigenvalue weighted by molar-refractivity contribution is 6.36. The van der Waals surface area contributed by atoms with Crippen molar-refractivity contribution in [2.24, 2.45) is 5.41 Å². The van der Waals surface area contributed by atoms with Crippen molar-refractivity contribution in [1.82, 2.24) is 20.2 Å². The third kappa shape index (κ3) is 5.67. The Balaban J connectivity index is 1.15. The van der Waals surface area contributed by atoms with E-state index in [-0.39, 0.29) is 23.8 Å². The summed E-state index contributed by atoms with van der Waals surface area (Å²) >= 11 is 6.71. The molecule has 0 saturated carbocycles. The monoisotopic (exact) mass is 638 g/mol. The number of aromatic nitrogens is 2. The number of carbonyl (C=O) groups is 1. The lowest BCUT2D eigenvalue weighted by atomic mass is 9.67. The summed E-state index contributed by atoms with van der Waals surface area (Å²) in [6, 6.07) is 15.2. The van der Waals surface area contributed by atoms with Gasteiger partial charge in [0.05, 0.1) is 29.2 Å². The van der Waals surface area contributed by atoms with Crippen molar-refractivity contribution in [3.8, 4) is 6.07 Å². The smallest absolute Gasteiger partial charge is 0.246 e. The molecule has 1 spiro atoms. The number of hydrogen-bond donors (Lipinski definition) is 1. The van der Waals surface area contributed by atoms with Crippen LogP contribution in [0.4, 0.5) is 17.5 Å². The number of rotatable bonds is 7. The summed E-state index contributed by atoms with van der Waals surface area (Å²) < 4.78 is 0. The molecular weight excluding hydrogens is 596 g/mol. The predicted molar refractivity (Wildman–Crippen MR) is 185 cm³/mol. The first-order valence-electron chi connectivity index (χ1n) is 16.8. The van der Waals surface area contributed by atoms with Crippen molar-refractivity contribution in [3.05, 3.63) is 65.3 Å². The van der Waals surface area contributed by atoms with Gasteiger partial charge in [-0.1, -0.05) is 49.4 Å². The van der Waals surface area contributed by atoms with Gasteiger partial charge in [0.25, 0.3) is 0 Å². The van der Waals surface area contributed by atoms with E-state index in [4.69, 9.17) is 21.6 Å². The molecule has 46 heavy (non-hydrogen) atoms. The Morgan fingerprint density at radius 3 is 2.59 bits per heavy atom. The van der Waals surface area contributed by atoms with E-state index in [1.807, 2.05) is 12.1 Å². The SMILES string of the molecule is C=CC(=O)N1CCN(c2nc(N3CC(NCC)C3)nc3c2CCC2(CCN(c4cccc5cccc(Cl)c45)CC2)C3)C[C@@H]1CC#N. The van der Waals surface area contributed by atoms with Crippen LogP contribution in [0, 0.1) is 16.7 Å². The molecule has 0 radical (unpaired) electrons. The molecule has 3 fully saturated rings. The van der Waals surface area contributed by atoms with Crippen LogP contribution < -0.4 is 20.0 Å². The number of fused-ring (bicyclic) bond motifs is 2. The Hall–Kier alpha value is -3.87. The molecule has 1 aromatic heterocycles. The molecule has 2 aromatic carbocycles. The number of carbonyl (C=O) groups excluding carboxylic acids is 1. The van der Waals surface area contributed by atoms with Crippen LogP contribution in [-0.4, -0.2) is 85.2 Å². The zero-order valence-corrected chi connectivity index (χ0v) is 27.5. The average Bonchev–Trinajstić information content (AvgIpc) is 3.05. The second-order valence-corrected chi connectivity index (χ2v) is 13.8. The Bertz CT molecular complexity index is 1670. The van der Waals surface area contributed by atoms with Gasteiger partial charge in [0.15, 0.2) is 0 Å². The lowest BCUT2D eigenvalue weighted by Crippen LogP contribution is -2.59. The van der Waals surface area contributed by atoms with Gasteiger partial charge >= 0.3 is 0 Å². The third-order valence-corrected chi connectivity index (χ3v) is 11.0. The average molecular weight is 639 g/mol. The van der Waals surface area contributed by atoms with Gasteiger partial charge in [0, 0.05) is 68.5 Å². The molecule has 1 N–H and O–H groups in total. The highest BCUT2D eigenvalue weighted by Crippen LogP contribution is 2.47. The molecular formula is C36H43ClN8O. The van der Waals surface area contributed by atoms with Gasteiger partial charge in [0.1, 0.15) is 5.82 Å². The first-order chi connectivity index (χ1) is 22.4. The van der Waals surface area contributed by atoms with Crippen LogP contribution in [0.2, 0.25) is 5.02 Å². The molecule has 3 aliphatic heterocycles. The molecule has 10 heteroatoms. The number of nitrogens with one attached hydrogen (secondary N) is 1. The van der Waals surface area contributed by atoms with Gasteiger partial charge < -0.3 is 24.9 Å². The molecule has 240 valence electrons. The molecule has 4 heterocycles. The molecule has 3 saturated heterocycles. The van der Waals surface area contributed by atoms with Gasteiger partial charge in [0.2, 0.25) is 11.9 Å². The molecule has 9 nitrogen and oxygen atoms in total. The van der Waals surface area contributed by atoms with Crippen LogP contribution >= 0.6 is 11.6 Å². The number of piperidine rings is 1. The van der Waals surface area contributed by atoms with Gasteiger partial charge in [-0.2, -0.15) is 10.2 Å². The largest absolute Gasteiger partial charge is 0.371 e. The quantitative estimate of drug-likeness (QED) is 0.363. The standard InChI is InChI=1S/C36H43ClN8O/c1-3-32(46)45-20-19-43(24-27(45)12-16-38)34-28-11-13-36(21-30(28)40-35(41-34)44-22-26(23-44)39-4-2)14-17-42(18-15-36)31-10-6-8-25-7-5-9-29(37)33(25)31/h3,5-10,26-27,39H,1,4,11-15,17-24H2,2H3/t27-/m0/s1. The molecule has 4 aliphatic rings. The molecule has 1 atom stereocenters. The summed E-state index contributed by atoms with van der Waals surface area (Å²) in [6.07, 6.45) is 6.88. The number of likely N-dealkylation sites (N-methyl/N-ethyl adjacent to an activating group) is 1. The number of benzene rings is 2. The normalized spacial score (nSPS) is 21.2. The highest BCUT2D eigenvalue weighted by atomic mass is 35.5. The van der Waals surface area contributed by atoms with E-state index in [0.717, 1.165) is 87.0 Å². The van der Waals surface area contributed by atoms with Crippen LogP contribution in [0.5, 0.6) is 0 Å². The van der Waals surface area contributed by atoms with Crippen LogP contribution in [-0.2, 0) is 17.6 Å². The fraction of sp³-hybridized carbons (Fsp3) is 0.500. The second-order valence-electron chi connectivity index (χ2n) is 13.4. The number of anilines is 3. The minimum atomic E-state index is -0.192. The molecule has 3 aromatic rings. The Kier molecular flexibility index (Phi) is 8.51. The fourth-order valence-electron chi connectivity index (χ4n) is 8.13. The summed E-state index contributed by atoms with van der Waals surface area (Å²) in [5.41, 5.74) is 3.87. The second kappa shape index (κ2) is 12.7. The zero-order valence-electron chi connectivity index (χ0n) is 26.7. The van der Waals surface area contributed by atoms with E-state index < -0.39 is 0 Å². The van der Waals surface area contributed by atoms with Crippen molar-refractivity contribution < 1.29 is 4.79 Å². The summed E-state index contributed by atoms with van der Waals surface area (Å²) in [4.78, 5) is 32.0. The van der Waals surface area contributed by atoms with E-state index in [0.29, 0.717) is 25.7 Å². The maximum Gasteiger partial charge on any atom is 0.246 e. The Labute approximate surface area is 276 Å². The number of amides is 1. The molecule has 0 bridgehead atoms. The van der Waals surface area contributed by atoms with Crippen molar-refractivity contribution in [2.75, 3.05) is 67.1 Å². The molecule has 1 aliphatic carbocycles. The first kappa shape index (κ1) is 30.8. The number of hydrogen-bond acceptors (Lipinski definition) is 8. The van der Waals surface area contributed by atoms with Crippen LogP contribution in [0.3, 0.4) is 0 Å². The lowest BCUT2D eigenvalue weighted by molar-refractivity contribution is -0.128. The summed E-state index contributed by atoms with van der Waals surface area (Å²) in [5, 5.41) is 16.3. The maximum absolute atomic E-state index is 12.6. The van der Waals surface area contributed by atoms with Crippen molar-refractivity contribution >= 4 is 45.7 Å². The highest BCUT2D eigenvalue weighted by Gasteiger charge is 2.42. The number of piperazine rings is 1. The summed E-state index contributed by atoms with van der Waals surface area (Å²) in [6.45, 7) is 12.4. The number of nitriles is 1. The van der Waals surface area contributed by atoms with Crippen LogP contribution in [0.25, 0.3) is 10.8 Å². The molecule has 7 rings (SSSR count). The number of nitrogens with zero attached hydrogens (tertiary/aromatic N) is 7. The van der Waals surface area contributed by atoms with E-state index in [1.54, 1.807) is 4.90 Å². The first-order valence-corrected chi connectivity index (χ1v) is 17.1. The Morgan fingerprint density at radius 2 is 1.85 bits per heavy atom. The zero-order chi connectivity index (χ0) is 31.8. The minimum absolute atomic E-state index is 0.112. The molecule has 1 amide bonds. The van der Waals surface area contributed by atoms with E-state index in [9.17, 15) is 10.1 Å². The summed E-state index contributed by atoms with van der Waals surface area (Å²) in [5.74, 6) is 1.70. The van der Waals surface area contributed by atoms with Gasteiger partial charge in [-0.3, -0.25) is 4.79 Å². The molecule has 0 unspecified atom stereocenters. The third-order valence-electron chi connectivity index (χ3n) is 10.7. The van der Waals surface area contributed by atoms with Crippen molar-refractivity contribution in [2.45, 2.75) is 57.5 Å². The Morgan fingerprint density at radius 1 is 1.07 bits per heavy atom. The minimum Gasteiger partial charge on any atom is -0.371 e. The van der Waals surface area contributed by atoms with Gasteiger partial charge in [-0.15, -0.1) is 0 Å². The van der Waals surface area contributed by atoms with E-state index >= 15 is 0 Å². The van der Waals surface area contributed by atoms with E-state index in [2.05, 4.69) is 63.9 Å². The predicted octanol–water partition coefficient (Wildman–Crippen LogP) is 4.97.